The van der Waals surface area contributed by atoms with E-state index in [1.165, 1.54) is 12.2 Å². The number of rotatable bonds is 3. The lowest BCUT2D eigenvalue weighted by Crippen LogP contribution is -1.98. The van der Waals surface area contributed by atoms with Gasteiger partial charge in [-0.1, -0.05) is 34.8 Å². The van der Waals surface area contributed by atoms with Crippen LogP contribution in [0.4, 0.5) is 0 Å². The molecular weight excluding hydrogens is 270 g/mol. The lowest BCUT2D eigenvalue weighted by atomic mass is 10.2. The zero-order valence-corrected chi connectivity index (χ0v) is 10.7. The van der Waals surface area contributed by atoms with Crippen molar-refractivity contribution in [1.29, 1.82) is 0 Å². The van der Waals surface area contributed by atoms with E-state index >= 15 is 0 Å². The molecule has 0 saturated heterocycles. The second kappa shape index (κ2) is 6.14. The van der Waals surface area contributed by atoms with Gasteiger partial charge in [0.05, 0.1) is 16.7 Å². The lowest BCUT2D eigenvalue weighted by Gasteiger charge is -2.02. The van der Waals surface area contributed by atoms with Crippen LogP contribution in [-0.4, -0.2) is 12.6 Å². The summed E-state index contributed by atoms with van der Waals surface area (Å²) in [4.78, 5) is 11.1. The second-order valence-corrected chi connectivity index (χ2v) is 4.12. The summed E-state index contributed by atoms with van der Waals surface area (Å²) in [6.07, 6.45) is 2.77. The van der Waals surface area contributed by atoms with E-state index in [1.807, 2.05) is 0 Å². The fourth-order valence-corrected chi connectivity index (χ4v) is 2.00. The van der Waals surface area contributed by atoms with Gasteiger partial charge in [0.25, 0.3) is 0 Å². The number of benzene rings is 1. The topological polar surface area (TPSA) is 26.3 Å². The van der Waals surface area contributed by atoms with Crippen molar-refractivity contribution in [2.24, 2.45) is 0 Å². The van der Waals surface area contributed by atoms with Crippen LogP contribution in [0, 0.1) is 0 Å². The maximum atomic E-state index is 11.1. The Morgan fingerprint density at radius 2 is 1.88 bits per heavy atom. The fraction of sp³-hybridized carbons (Fsp3) is 0.182. The van der Waals surface area contributed by atoms with Gasteiger partial charge in [-0.2, -0.15) is 0 Å². The van der Waals surface area contributed by atoms with E-state index in [-0.39, 0.29) is 0 Å². The van der Waals surface area contributed by atoms with Gasteiger partial charge in [0.15, 0.2) is 0 Å². The molecule has 0 heterocycles. The molecule has 0 aromatic heterocycles. The smallest absolute Gasteiger partial charge is 0.330 e. The third-order valence-corrected chi connectivity index (χ3v) is 2.56. The van der Waals surface area contributed by atoms with Gasteiger partial charge in [-0.05, 0) is 25.1 Å². The van der Waals surface area contributed by atoms with Crippen molar-refractivity contribution in [2.75, 3.05) is 6.61 Å². The van der Waals surface area contributed by atoms with Crippen LogP contribution in [0.3, 0.4) is 0 Å². The molecule has 1 aromatic carbocycles. The molecule has 0 atom stereocenters. The minimum atomic E-state index is -0.440. The highest BCUT2D eigenvalue weighted by atomic mass is 35.5. The maximum Gasteiger partial charge on any atom is 0.330 e. The maximum absolute atomic E-state index is 11.1. The summed E-state index contributed by atoms with van der Waals surface area (Å²) < 4.78 is 4.73. The van der Waals surface area contributed by atoms with E-state index in [4.69, 9.17) is 39.5 Å². The molecule has 0 bridgehead atoms. The first-order chi connectivity index (χ1) is 7.54. The summed E-state index contributed by atoms with van der Waals surface area (Å²) >= 11 is 17.6. The van der Waals surface area contributed by atoms with Crippen LogP contribution in [0.15, 0.2) is 18.2 Å². The molecule has 0 aliphatic carbocycles. The number of ether oxygens (including phenoxy) is 1. The number of halogens is 3. The van der Waals surface area contributed by atoms with Gasteiger partial charge < -0.3 is 4.74 Å². The van der Waals surface area contributed by atoms with E-state index < -0.39 is 5.97 Å². The van der Waals surface area contributed by atoms with Crippen molar-refractivity contribution in [2.45, 2.75) is 6.92 Å². The van der Waals surface area contributed by atoms with Crippen molar-refractivity contribution in [3.8, 4) is 0 Å². The summed E-state index contributed by atoms with van der Waals surface area (Å²) in [5.41, 5.74) is 0.542. The molecule has 0 aliphatic rings. The normalized spacial score (nSPS) is 10.8. The standard InChI is InChI=1S/C11H9Cl3O2/c1-2-16-11(15)4-3-8-9(13)5-7(12)6-10(8)14/h3-6H,2H2,1H3/b4-3+. The van der Waals surface area contributed by atoms with Gasteiger partial charge >= 0.3 is 5.97 Å². The highest BCUT2D eigenvalue weighted by Gasteiger charge is 2.05. The zero-order chi connectivity index (χ0) is 12.1. The number of carbonyl (C=O) groups excluding carboxylic acids is 1. The summed E-state index contributed by atoms with van der Waals surface area (Å²) in [5.74, 6) is -0.440. The van der Waals surface area contributed by atoms with Gasteiger partial charge in [0.1, 0.15) is 0 Å². The van der Waals surface area contributed by atoms with E-state index in [2.05, 4.69) is 0 Å². The van der Waals surface area contributed by atoms with Crippen LogP contribution in [0.1, 0.15) is 12.5 Å². The van der Waals surface area contributed by atoms with Crippen LogP contribution < -0.4 is 0 Å². The molecule has 1 rings (SSSR count). The van der Waals surface area contributed by atoms with Gasteiger partial charge in [-0.25, -0.2) is 4.79 Å². The number of hydrogen-bond acceptors (Lipinski definition) is 2. The van der Waals surface area contributed by atoms with Crippen LogP contribution >= 0.6 is 34.8 Å². The van der Waals surface area contributed by atoms with Crippen molar-refractivity contribution in [3.63, 3.8) is 0 Å². The Hall–Kier alpha value is -0.700. The predicted molar refractivity (Wildman–Crippen MR) is 67.1 cm³/mol. The number of carbonyl (C=O) groups is 1. The van der Waals surface area contributed by atoms with Gasteiger partial charge in [0.2, 0.25) is 0 Å². The second-order valence-electron chi connectivity index (χ2n) is 2.87. The molecule has 0 radical (unpaired) electrons. The number of esters is 1. The lowest BCUT2D eigenvalue weighted by molar-refractivity contribution is -0.137. The largest absolute Gasteiger partial charge is 0.463 e. The van der Waals surface area contributed by atoms with E-state index in [0.717, 1.165) is 0 Å². The highest BCUT2D eigenvalue weighted by Crippen LogP contribution is 2.29. The Morgan fingerprint density at radius 3 is 2.38 bits per heavy atom. The average molecular weight is 280 g/mol. The molecule has 1 aromatic rings. The quantitative estimate of drug-likeness (QED) is 0.611. The molecular formula is C11H9Cl3O2. The molecule has 0 spiro atoms. The predicted octanol–water partition coefficient (Wildman–Crippen LogP) is 4.22. The fourth-order valence-electron chi connectivity index (χ4n) is 1.05. The molecule has 0 N–H and O–H groups in total. The van der Waals surface area contributed by atoms with Crippen molar-refractivity contribution in [1.82, 2.24) is 0 Å². The summed E-state index contributed by atoms with van der Waals surface area (Å²) in [7, 11) is 0. The monoisotopic (exact) mass is 278 g/mol. The van der Waals surface area contributed by atoms with Gasteiger partial charge in [0, 0.05) is 16.7 Å². The molecule has 0 saturated carbocycles. The summed E-state index contributed by atoms with van der Waals surface area (Å²) in [5, 5.41) is 1.22. The van der Waals surface area contributed by atoms with Gasteiger partial charge in [-0.15, -0.1) is 0 Å². The summed E-state index contributed by atoms with van der Waals surface area (Å²) in [6.45, 7) is 2.05. The first-order valence-corrected chi connectivity index (χ1v) is 5.67. The Morgan fingerprint density at radius 1 is 1.31 bits per heavy atom. The molecule has 0 fully saturated rings. The molecule has 0 unspecified atom stereocenters. The average Bonchev–Trinajstić information content (AvgIpc) is 2.16. The molecule has 2 nitrogen and oxygen atoms in total. The van der Waals surface area contributed by atoms with Crippen molar-refractivity contribution < 1.29 is 9.53 Å². The summed E-state index contributed by atoms with van der Waals surface area (Å²) in [6, 6.07) is 3.11. The minimum Gasteiger partial charge on any atom is -0.463 e. The number of hydrogen-bond donors (Lipinski definition) is 0. The molecule has 16 heavy (non-hydrogen) atoms. The molecule has 86 valence electrons. The van der Waals surface area contributed by atoms with Crippen LogP contribution in [-0.2, 0) is 9.53 Å². The SMILES string of the molecule is CCOC(=O)/C=C/c1c(Cl)cc(Cl)cc1Cl. The van der Waals surface area contributed by atoms with E-state index in [1.54, 1.807) is 19.1 Å². The molecule has 0 aliphatic heterocycles. The Labute approximate surface area is 109 Å². The Kier molecular flexibility index (Phi) is 5.13. The van der Waals surface area contributed by atoms with Crippen LogP contribution in [0.5, 0.6) is 0 Å². The Bertz CT molecular complexity index is 404. The van der Waals surface area contributed by atoms with Crippen LogP contribution in [0.25, 0.3) is 6.08 Å². The minimum absolute atomic E-state index is 0.325. The van der Waals surface area contributed by atoms with Crippen molar-refractivity contribution >= 4 is 46.8 Å². The Balaban J connectivity index is 2.93. The highest BCUT2D eigenvalue weighted by molar-refractivity contribution is 6.40. The zero-order valence-electron chi connectivity index (χ0n) is 8.47. The van der Waals surface area contributed by atoms with Gasteiger partial charge in [-0.3, -0.25) is 0 Å². The first kappa shape index (κ1) is 13.4. The van der Waals surface area contributed by atoms with Crippen molar-refractivity contribution in [3.05, 3.63) is 38.8 Å². The third-order valence-electron chi connectivity index (χ3n) is 1.72. The first-order valence-electron chi connectivity index (χ1n) is 4.54. The molecule has 5 heteroatoms. The molecule has 0 amide bonds. The third kappa shape index (κ3) is 3.71. The van der Waals surface area contributed by atoms with E-state index in [0.29, 0.717) is 27.2 Å². The van der Waals surface area contributed by atoms with Crippen LogP contribution in [0.2, 0.25) is 15.1 Å². The van der Waals surface area contributed by atoms with E-state index in [9.17, 15) is 4.79 Å².